The fourth-order valence-electron chi connectivity index (χ4n) is 3.72. The summed E-state index contributed by atoms with van der Waals surface area (Å²) in [6.07, 6.45) is 0.419. The van der Waals surface area contributed by atoms with Crippen LogP contribution >= 0.6 is 0 Å². The lowest BCUT2D eigenvalue weighted by Gasteiger charge is -2.21. The Morgan fingerprint density at radius 1 is 1.16 bits per heavy atom. The van der Waals surface area contributed by atoms with Gasteiger partial charge in [-0.1, -0.05) is 6.07 Å². The molecule has 0 fully saturated rings. The van der Waals surface area contributed by atoms with E-state index in [9.17, 15) is 22.4 Å². The molecule has 1 unspecified atom stereocenters. The molecule has 3 heterocycles. The van der Waals surface area contributed by atoms with Gasteiger partial charge < -0.3 is 14.6 Å². The second-order valence-electron chi connectivity index (χ2n) is 7.06. The van der Waals surface area contributed by atoms with Crippen LogP contribution in [-0.2, 0) is 6.42 Å². The monoisotopic (exact) mass is 434 g/mol. The topological polar surface area (TPSA) is 69.0 Å². The second kappa shape index (κ2) is 8.01. The van der Waals surface area contributed by atoms with Gasteiger partial charge in [-0.25, -0.2) is 18.2 Å². The van der Waals surface area contributed by atoms with Crippen LogP contribution in [0.2, 0.25) is 0 Å². The Morgan fingerprint density at radius 3 is 2.65 bits per heavy atom. The first kappa shape index (κ1) is 20.8. The molecule has 162 valence electrons. The van der Waals surface area contributed by atoms with E-state index in [0.29, 0.717) is 5.69 Å². The van der Waals surface area contributed by atoms with Crippen molar-refractivity contribution in [1.29, 1.82) is 0 Å². The van der Waals surface area contributed by atoms with Crippen molar-refractivity contribution in [3.63, 3.8) is 0 Å². The number of ether oxygens (including phenoxy) is 1. The molecule has 3 aromatic rings. The highest BCUT2D eigenvalue weighted by atomic mass is 19.1. The van der Waals surface area contributed by atoms with E-state index >= 15 is 0 Å². The van der Waals surface area contributed by atoms with E-state index in [1.165, 1.54) is 10.6 Å². The number of aromatic nitrogens is 3. The third-order valence-corrected chi connectivity index (χ3v) is 5.12. The van der Waals surface area contributed by atoms with Gasteiger partial charge in [-0.2, -0.15) is 9.37 Å². The molecule has 31 heavy (non-hydrogen) atoms. The molecule has 1 N–H and O–H groups in total. The third-order valence-electron chi connectivity index (χ3n) is 5.12. The minimum atomic E-state index is -1.09. The van der Waals surface area contributed by atoms with Crippen molar-refractivity contribution in [3.05, 3.63) is 74.8 Å². The van der Waals surface area contributed by atoms with Gasteiger partial charge in [-0.15, -0.1) is 0 Å². The number of hydrogen-bond donors (Lipinski definition) is 1. The Bertz CT molecular complexity index is 1230. The minimum absolute atomic E-state index is 0.0354. The Labute approximate surface area is 174 Å². The lowest BCUT2D eigenvalue weighted by molar-refractivity contribution is 0.307. The van der Waals surface area contributed by atoms with E-state index < -0.39 is 34.9 Å². The first-order chi connectivity index (χ1) is 14.8. The molecular formula is C21H18F4N4O2. The molecule has 0 saturated heterocycles. The number of nitrogens with one attached hydrogen (secondary N) is 1. The van der Waals surface area contributed by atoms with Gasteiger partial charge in [0, 0.05) is 17.7 Å². The molecule has 0 saturated carbocycles. The molecule has 4 rings (SSSR count). The number of hydrogen-bond acceptors (Lipinski definition) is 5. The lowest BCUT2D eigenvalue weighted by Crippen LogP contribution is -2.24. The van der Waals surface area contributed by atoms with Crippen LogP contribution in [-0.4, -0.2) is 21.1 Å². The summed E-state index contributed by atoms with van der Waals surface area (Å²) < 4.78 is 63.1. The van der Waals surface area contributed by atoms with Crippen molar-refractivity contribution in [3.8, 4) is 5.88 Å². The SMILES string of the molecule is CCOc1nc(C)c(Nc2nc(=O)c(F)c3n2C(c2ccc(F)cc2F)CC3)cc1F. The van der Waals surface area contributed by atoms with Crippen molar-refractivity contribution in [2.24, 2.45) is 0 Å². The van der Waals surface area contributed by atoms with Crippen LogP contribution in [0.5, 0.6) is 5.88 Å². The number of halogens is 4. The molecule has 0 bridgehead atoms. The molecule has 1 aromatic carbocycles. The second-order valence-corrected chi connectivity index (χ2v) is 7.06. The number of aryl methyl sites for hydroxylation is 1. The van der Waals surface area contributed by atoms with E-state index in [-0.39, 0.29) is 48.2 Å². The normalized spacial score (nSPS) is 15.1. The van der Waals surface area contributed by atoms with Gasteiger partial charge in [0.05, 0.1) is 29.7 Å². The molecule has 0 radical (unpaired) electrons. The fraction of sp³-hybridized carbons (Fsp3) is 0.286. The summed E-state index contributed by atoms with van der Waals surface area (Å²) in [5, 5.41) is 2.81. The Morgan fingerprint density at radius 2 is 1.94 bits per heavy atom. The summed E-state index contributed by atoms with van der Waals surface area (Å²) >= 11 is 0. The Hall–Kier alpha value is -3.43. The van der Waals surface area contributed by atoms with Crippen LogP contribution < -0.4 is 15.6 Å². The summed E-state index contributed by atoms with van der Waals surface area (Å²) in [6, 6.07) is 3.50. The van der Waals surface area contributed by atoms with Crippen LogP contribution in [0.1, 0.15) is 36.3 Å². The molecule has 0 spiro atoms. The first-order valence-corrected chi connectivity index (χ1v) is 9.63. The van der Waals surface area contributed by atoms with Gasteiger partial charge in [0.2, 0.25) is 11.8 Å². The zero-order valence-corrected chi connectivity index (χ0v) is 16.7. The van der Waals surface area contributed by atoms with Gasteiger partial charge in [0.1, 0.15) is 11.6 Å². The summed E-state index contributed by atoms with van der Waals surface area (Å²) in [5.74, 6) is -3.58. The average Bonchev–Trinajstić information content (AvgIpc) is 3.15. The molecular weight excluding hydrogens is 416 g/mol. The van der Waals surface area contributed by atoms with Crippen molar-refractivity contribution < 1.29 is 22.3 Å². The molecule has 1 aliphatic heterocycles. The van der Waals surface area contributed by atoms with Gasteiger partial charge in [0.25, 0.3) is 5.88 Å². The van der Waals surface area contributed by atoms with Gasteiger partial charge >= 0.3 is 5.56 Å². The summed E-state index contributed by atoms with van der Waals surface area (Å²) in [7, 11) is 0. The van der Waals surface area contributed by atoms with E-state index in [0.717, 1.165) is 18.2 Å². The van der Waals surface area contributed by atoms with Crippen LogP contribution in [0.4, 0.5) is 29.2 Å². The Balaban J connectivity index is 1.82. The molecule has 0 amide bonds. The molecule has 10 heteroatoms. The Kier molecular flexibility index (Phi) is 5.38. The maximum atomic E-state index is 14.5. The zero-order chi connectivity index (χ0) is 22.3. The number of benzene rings is 1. The van der Waals surface area contributed by atoms with Gasteiger partial charge in [-0.05, 0) is 32.8 Å². The predicted molar refractivity (Wildman–Crippen MR) is 105 cm³/mol. The molecule has 1 aliphatic rings. The molecule has 2 aromatic heterocycles. The summed E-state index contributed by atoms with van der Waals surface area (Å²) in [6.45, 7) is 3.51. The van der Waals surface area contributed by atoms with Crippen molar-refractivity contribution in [2.75, 3.05) is 11.9 Å². The summed E-state index contributed by atoms with van der Waals surface area (Å²) in [5.41, 5.74) is -0.403. The minimum Gasteiger partial charge on any atom is -0.476 e. The largest absolute Gasteiger partial charge is 0.476 e. The predicted octanol–water partition coefficient (Wildman–Crippen LogP) is 4.18. The number of nitrogens with zero attached hydrogens (tertiary/aromatic N) is 3. The zero-order valence-electron chi connectivity index (χ0n) is 16.7. The average molecular weight is 434 g/mol. The van der Waals surface area contributed by atoms with Crippen LogP contribution in [0.25, 0.3) is 0 Å². The number of rotatable bonds is 5. The fourth-order valence-corrected chi connectivity index (χ4v) is 3.72. The van der Waals surface area contributed by atoms with Crippen LogP contribution in [0.15, 0.2) is 29.1 Å². The highest BCUT2D eigenvalue weighted by molar-refractivity contribution is 5.58. The molecule has 0 aliphatic carbocycles. The van der Waals surface area contributed by atoms with Gasteiger partial charge in [0.15, 0.2) is 5.82 Å². The molecule has 6 nitrogen and oxygen atoms in total. The number of fused-ring (bicyclic) bond motifs is 1. The third kappa shape index (κ3) is 3.73. The maximum Gasteiger partial charge on any atom is 0.310 e. The highest BCUT2D eigenvalue weighted by Gasteiger charge is 2.32. The van der Waals surface area contributed by atoms with Crippen LogP contribution in [0.3, 0.4) is 0 Å². The number of pyridine rings is 1. The van der Waals surface area contributed by atoms with E-state index in [1.807, 2.05) is 0 Å². The van der Waals surface area contributed by atoms with Crippen molar-refractivity contribution in [1.82, 2.24) is 14.5 Å². The number of anilines is 2. The highest BCUT2D eigenvalue weighted by Crippen LogP contribution is 2.37. The maximum absolute atomic E-state index is 14.5. The van der Waals surface area contributed by atoms with Gasteiger partial charge in [-0.3, -0.25) is 4.79 Å². The van der Waals surface area contributed by atoms with Crippen molar-refractivity contribution in [2.45, 2.75) is 32.7 Å². The van der Waals surface area contributed by atoms with Crippen molar-refractivity contribution >= 4 is 11.6 Å². The molecule has 1 atom stereocenters. The quantitative estimate of drug-likeness (QED) is 0.611. The van der Waals surface area contributed by atoms with E-state index in [4.69, 9.17) is 4.74 Å². The smallest absolute Gasteiger partial charge is 0.310 e. The summed E-state index contributed by atoms with van der Waals surface area (Å²) in [4.78, 5) is 19.8. The first-order valence-electron chi connectivity index (χ1n) is 9.63. The standard InChI is InChI=1S/C21H18F4N4O2/c1-3-31-20-14(24)9-15(10(2)26-20)27-21-28-19(30)18(25)17-7-6-16(29(17)21)12-5-4-11(22)8-13(12)23/h4-5,8-9,16H,3,6-7H2,1-2H3,(H,27,28,30). The lowest BCUT2D eigenvalue weighted by atomic mass is 10.0. The van der Waals surface area contributed by atoms with Crippen LogP contribution in [0, 0.1) is 30.2 Å². The van der Waals surface area contributed by atoms with E-state index in [2.05, 4.69) is 15.3 Å². The van der Waals surface area contributed by atoms with E-state index in [1.54, 1.807) is 13.8 Å².